The molecule has 1 heterocycles. The monoisotopic (exact) mass is 302 g/mol. The number of carbonyl (C=O) groups is 2. The van der Waals surface area contributed by atoms with Crippen LogP contribution in [0.5, 0.6) is 0 Å². The van der Waals surface area contributed by atoms with Crippen LogP contribution in [-0.2, 0) is 0 Å². The van der Waals surface area contributed by atoms with E-state index in [-0.39, 0.29) is 30.2 Å². The first kappa shape index (κ1) is 15.8. The number of hydrogen-bond donors (Lipinski definition) is 2. The third-order valence-corrected chi connectivity index (χ3v) is 3.38. The highest BCUT2D eigenvalue weighted by Crippen LogP contribution is 2.13. The van der Waals surface area contributed by atoms with Gasteiger partial charge in [0.1, 0.15) is 0 Å². The molecule has 0 bridgehead atoms. The Bertz CT molecular complexity index is 635. The summed E-state index contributed by atoms with van der Waals surface area (Å²) in [7, 11) is 1.63. The summed E-state index contributed by atoms with van der Waals surface area (Å²) in [6, 6.07) is 9.48. The van der Waals surface area contributed by atoms with Gasteiger partial charge in [-0.1, -0.05) is 0 Å². The summed E-state index contributed by atoms with van der Waals surface area (Å²) < 4.78 is 5.00. The molecule has 6 heteroatoms. The molecule has 0 fully saturated rings. The van der Waals surface area contributed by atoms with Gasteiger partial charge in [0.25, 0.3) is 11.8 Å². The summed E-state index contributed by atoms with van der Waals surface area (Å²) in [5, 5.41) is 11.8. The number of likely N-dealkylation sites (N-methyl/N-ethyl adjacent to an activating group) is 1. The van der Waals surface area contributed by atoms with E-state index in [0.717, 1.165) is 0 Å². The van der Waals surface area contributed by atoms with Crippen LogP contribution < -0.4 is 5.32 Å². The number of amides is 2. The predicted molar refractivity (Wildman–Crippen MR) is 81.7 cm³/mol. The van der Waals surface area contributed by atoms with Crippen LogP contribution >= 0.6 is 0 Å². The van der Waals surface area contributed by atoms with Gasteiger partial charge in [-0.15, -0.1) is 0 Å². The van der Waals surface area contributed by atoms with Crippen molar-refractivity contribution >= 4 is 17.5 Å². The second kappa shape index (κ2) is 6.91. The molecule has 0 saturated heterocycles. The van der Waals surface area contributed by atoms with Gasteiger partial charge in [0.2, 0.25) is 0 Å². The Hall–Kier alpha value is -2.60. The number of nitrogens with one attached hydrogen (secondary N) is 1. The van der Waals surface area contributed by atoms with E-state index < -0.39 is 0 Å². The highest BCUT2D eigenvalue weighted by Gasteiger charge is 2.17. The minimum atomic E-state index is -0.352. The number of aliphatic hydroxyl groups excluding tert-OH is 1. The third kappa shape index (κ3) is 3.53. The van der Waals surface area contributed by atoms with E-state index in [0.29, 0.717) is 11.3 Å². The van der Waals surface area contributed by atoms with Gasteiger partial charge in [0.15, 0.2) is 5.76 Å². The Morgan fingerprint density at radius 1 is 1.27 bits per heavy atom. The standard InChI is InChI=1S/C16H18N2O4/c1-11(10-19)18(2)16(21)12-5-7-13(8-6-12)17-15(20)14-4-3-9-22-14/h3-9,11,19H,10H2,1-2H3,(H,17,20). The molecule has 2 aromatic rings. The van der Waals surface area contributed by atoms with Gasteiger partial charge in [-0.05, 0) is 43.3 Å². The zero-order valence-electron chi connectivity index (χ0n) is 12.4. The maximum atomic E-state index is 12.2. The summed E-state index contributed by atoms with van der Waals surface area (Å²) >= 11 is 0. The lowest BCUT2D eigenvalue weighted by molar-refractivity contribution is 0.0682. The first-order valence-corrected chi connectivity index (χ1v) is 6.86. The van der Waals surface area contributed by atoms with Crippen LogP contribution in [0.2, 0.25) is 0 Å². The number of benzene rings is 1. The molecule has 2 rings (SSSR count). The Morgan fingerprint density at radius 3 is 2.50 bits per heavy atom. The van der Waals surface area contributed by atoms with Crippen LogP contribution in [-0.4, -0.2) is 41.5 Å². The number of hydrogen-bond acceptors (Lipinski definition) is 4. The van der Waals surface area contributed by atoms with Gasteiger partial charge >= 0.3 is 0 Å². The average Bonchev–Trinajstić information content (AvgIpc) is 3.08. The number of furan rings is 1. The van der Waals surface area contributed by atoms with Gasteiger partial charge in [0.05, 0.1) is 18.9 Å². The predicted octanol–water partition coefficient (Wildman–Crippen LogP) is 1.98. The second-order valence-electron chi connectivity index (χ2n) is 4.96. The van der Waals surface area contributed by atoms with Crippen LogP contribution in [0.3, 0.4) is 0 Å². The molecule has 0 radical (unpaired) electrons. The van der Waals surface area contributed by atoms with Crippen LogP contribution in [0.1, 0.15) is 27.8 Å². The molecule has 1 unspecified atom stereocenters. The Morgan fingerprint density at radius 2 is 1.95 bits per heavy atom. The number of rotatable bonds is 5. The van der Waals surface area contributed by atoms with Crippen molar-refractivity contribution in [3.63, 3.8) is 0 Å². The number of carbonyl (C=O) groups excluding carboxylic acids is 2. The van der Waals surface area contributed by atoms with Crippen molar-refractivity contribution in [3.8, 4) is 0 Å². The Balaban J connectivity index is 2.04. The molecule has 2 N–H and O–H groups in total. The average molecular weight is 302 g/mol. The quantitative estimate of drug-likeness (QED) is 0.884. The van der Waals surface area contributed by atoms with Crippen molar-refractivity contribution in [2.24, 2.45) is 0 Å². The summed E-state index contributed by atoms with van der Waals surface area (Å²) in [4.78, 5) is 25.5. The maximum Gasteiger partial charge on any atom is 0.291 e. The first-order chi connectivity index (χ1) is 10.5. The number of nitrogens with zero attached hydrogens (tertiary/aromatic N) is 1. The molecule has 0 spiro atoms. The molecule has 1 aromatic heterocycles. The molecule has 0 aliphatic heterocycles. The van der Waals surface area contributed by atoms with Crippen molar-refractivity contribution in [3.05, 3.63) is 54.0 Å². The molecule has 6 nitrogen and oxygen atoms in total. The molecule has 1 aromatic carbocycles. The molecule has 0 aliphatic carbocycles. The molecule has 22 heavy (non-hydrogen) atoms. The zero-order valence-corrected chi connectivity index (χ0v) is 12.4. The highest BCUT2D eigenvalue weighted by atomic mass is 16.3. The molecule has 2 amide bonds. The number of aliphatic hydroxyl groups is 1. The highest BCUT2D eigenvalue weighted by molar-refractivity contribution is 6.02. The van der Waals surface area contributed by atoms with Gasteiger partial charge in [-0.2, -0.15) is 0 Å². The lowest BCUT2D eigenvalue weighted by atomic mass is 10.1. The Labute approximate surface area is 128 Å². The molecule has 116 valence electrons. The molecule has 1 atom stereocenters. The SMILES string of the molecule is CC(CO)N(C)C(=O)c1ccc(NC(=O)c2ccco2)cc1. The summed E-state index contributed by atoms with van der Waals surface area (Å²) in [5.41, 5.74) is 1.05. The fourth-order valence-electron chi connectivity index (χ4n) is 1.82. The summed E-state index contributed by atoms with van der Waals surface area (Å²) in [6.07, 6.45) is 1.43. The minimum Gasteiger partial charge on any atom is -0.459 e. The van der Waals surface area contributed by atoms with Crippen LogP contribution in [0.25, 0.3) is 0 Å². The largest absolute Gasteiger partial charge is 0.459 e. The van der Waals surface area contributed by atoms with Crippen molar-refractivity contribution in [2.75, 3.05) is 19.0 Å². The van der Waals surface area contributed by atoms with E-state index in [1.54, 1.807) is 50.4 Å². The summed E-state index contributed by atoms with van der Waals surface area (Å²) in [6.45, 7) is 1.66. The van der Waals surface area contributed by atoms with Gasteiger partial charge in [-0.25, -0.2) is 0 Å². The zero-order chi connectivity index (χ0) is 16.1. The molecular formula is C16H18N2O4. The van der Waals surface area contributed by atoms with E-state index in [2.05, 4.69) is 5.32 Å². The van der Waals surface area contributed by atoms with E-state index in [1.807, 2.05) is 0 Å². The summed E-state index contributed by atoms with van der Waals surface area (Å²) in [5.74, 6) is -0.322. The second-order valence-corrected chi connectivity index (χ2v) is 4.96. The lowest BCUT2D eigenvalue weighted by Crippen LogP contribution is -2.37. The molecular weight excluding hydrogens is 284 g/mol. The van der Waals surface area contributed by atoms with Crippen molar-refractivity contribution < 1.29 is 19.1 Å². The Kier molecular flexibility index (Phi) is 4.95. The fraction of sp³-hybridized carbons (Fsp3) is 0.250. The normalized spacial score (nSPS) is 11.8. The van der Waals surface area contributed by atoms with Gasteiger partial charge in [-0.3, -0.25) is 9.59 Å². The first-order valence-electron chi connectivity index (χ1n) is 6.86. The van der Waals surface area contributed by atoms with Crippen LogP contribution in [0.15, 0.2) is 47.1 Å². The molecule has 0 saturated carbocycles. The van der Waals surface area contributed by atoms with E-state index in [4.69, 9.17) is 9.52 Å². The van der Waals surface area contributed by atoms with Crippen molar-refractivity contribution in [1.82, 2.24) is 4.90 Å². The van der Waals surface area contributed by atoms with Gasteiger partial charge < -0.3 is 19.7 Å². The van der Waals surface area contributed by atoms with E-state index in [9.17, 15) is 9.59 Å². The van der Waals surface area contributed by atoms with E-state index >= 15 is 0 Å². The third-order valence-electron chi connectivity index (χ3n) is 3.38. The lowest BCUT2D eigenvalue weighted by Gasteiger charge is -2.23. The van der Waals surface area contributed by atoms with E-state index in [1.165, 1.54) is 11.2 Å². The number of anilines is 1. The van der Waals surface area contributed by atoms with Crippen LogP contribution in [0, 0.1) is 0 Å². The van der Waals surface area contributed by atoms with Crippen molar-refractivity contribution in [2.45, 2.75) is 13.0 Å². The molecule has 0 aliphatic rings. The maximum absolute atomic E-state index is 12.2. The smallest absolute Gasteiger partial charge is 0.291 e. The van der Waals surface area contributed by atoms with Crippen molar-refractivity contribution in [1.29, 1.82) is 0 Å². The van der Waals surface area contributed by atoms with Crippen LogP contribution in [0.4, 0.5) is 5.69 Å². The topological polar surface area (TPSA) is 82.8 Å². The minimum absolute atomic E-state index is 0.0977. The van der Waals surface area contributed by atoms with Gasteiger partial charge in [0, 0.05) is 18.3 Å². The fourth-order valence-corrected chi connectivity index (χ4v) is 1.82.